The molecule has 2 rings (SSSR count). The maximum absolute atomic E-state index is 6.20. The number of benzene rings is 2. The number of nitrogens with zero attached hydrogens (tertiary/aromatic N) is 1. The summed E-state index contributed by atoms with van der Waals surface area (Å²) in [4.78, 5) is 2.17. The van der Waals surface area contributed by atoms with Crippen molar-refractivity contribution in [2.75, 3.05) is 27.2 Å². The molecule has 2 aromatic carbocycles. The average molecular weight is 402 g/mol. The van der Waals surface area contributed by atoms with Gasteiger partial charge in [-0.25, -0.2) is 0 Å². The van der Waals surface area contributed by atoms with E-state index in [9.17, 15) is 0 Å². The zero-order valence-electron chi connectivity index (χ0n) is 14.5. The molecule has 0 radical (unpaired) electrons. The summed E-state index contributed by atoms with van der Waals surface area (Å²) < 4.78 is 5.96. The molecule has 0 heterocycles. The second-order valence-electron chi connectivity index (χ2n) is 6.07. The molecule has 0 aliphatic heterocycles. The van der Waals surface area contributed by atoms with Crippen molar-refractivity contribution in [1.29, 1.82) is 0 Å². The fourth-order valence-electron chi connectivity index (χ4n) is 2.39. The molecular formula is C19H23Cl3N2O. The van der Waals surface area contributed by atoms with Crippen molar-refractivity contribution in [3.8, 4) is 5.75 Å². The van der Waals surface area contributed by atoms with Crippen LogP contribution in [-0.2, 0) is 13.2 Å². The molecule has 0 amide bonds. The third kappa shape index (κ3) is 6.69. The van der Waals surface area contributed by atoms with Gasteiger partial charge in [0, 0.05) is 32.7 Å². The van der Waals surface area contributed by atoms with Gasteiger partial charge >= 0.3 is 0 Å². The molecular weight excluding hydrogens is 379 g/mol. The second-order valence-corrected chi connectivity index (χ2v) is 7.33. The molecule has 136 valence electrons. The molecule has 0 aliphatic carbocycles. The summed E-state index contributed by atoms with van der Waals surface area (Å²) in [5.74, 6) is 0.778. The first-order valence-electron chi connectivity index (χ1n) is 8.17. The summed E-state index contributed by atoms with van der Waals surface area (Å²) in [5.41, 5.74) is 1.80. The van der Waals surface area contributed by atoms with Crippen molar-refractivity contribution in [1.82, 2.24) is 10.2 Å². The maximum atomic E-state index is 6.20. The monoisotopic (exact) mass is 400 g/mol. The highest BCUT2D eigenvalue weighted by molar-refractivity contribution is 6.36. The van der Waals surface area contributed by atoms with Crippen LogP contribution in [0.25, 0.3) is 0 Å². The highest BCUT2D eigenvalue weighted by Crippen LogP contribution is 2.28. The van der Waals surface area contributed by atoms with Crippen LogP contribution in [0.15, 0.2) is 36.4 Å². The van der Waals surface area contributed by atoms with Crippen LogP contribution in [0.4, 0.5) is 0 Å². The Bertz CT molecular complexity index is 672. The first-order chi connectivity index (χ1) is 12.0. The molecule has 0 unspecified atom stereocenters. The van der Waals surface area contributed by atoms with Crippen LogP contribution in [-0.4, -0.2) is 32.1 Å². The average Bonchev–Trinajstić information content (AvgIpc) is 2.55. The van der Waals surface area contributed by atoms with Crippen molar-refractivity contribution in [3.63, 3.8) is 0 Å². The van der Waals surface area contributed by atoms with Gasteiger partial charge in [-0.1, -0.05) is 40.9 Å². The lowest BCUT2D eigenvalue weighted by molar-refractivity contribution is 0.302. The quantitative estimate of drug-likeness (QED) is 0.579. The van der Waals surface area contributed by atoms with Crippen molar-refractivity contribution in [2.24, 2.45) is 0 Å². The van der Waals surface area contributed by atoms with E-state index in [1.807, 2.05) is 24.3 Å². The zero-order valence-corrected chi connectivity index (χ0v) is 16.8. The highest BCUT2D eigenvalue weighted by Gasteiger charge is 2.09. The minimum Gasteiger partial charge on any atom is -0.488 e. The van der Waals surface area contributed by atoms with Gasteiger partial charge in [-0.3, -0.25) is 0 Å². The number of hydrogen-bond acceptors (Lipinski definition) is 3. The molecule has 0 spiro atoms. The molecule has 0 atom stereocenters. The van der Waals surface area contributed by atoms with Crippen LogP contribution in [0.3, 0.4) is 0 Å². The normalized spacial score (nSPS) is 11.1. The van der Waals surface area contributed by atoms with Gasteiger partial charge in [0.1, 0.15) is 12.4 Å². The van der Waals surface area contributed by atoms with E-state index >= 15 is 0 Å². The highest BCUT2D eigenvalue weighted by atomic mass is 35.5. The van der Waals surface area contributed by atoms with Gasteiger partial charge in [0.05, 0.1) is 0 Å². The summed E-state index contributed by atoms with van der Waals surface area (Å²) in [6.45, 7) is 2.99. The molecule has 6 heteroatoms. The van der Waals surface area contributed by atoms with Gasteiger partial charge in [-0.2, -0.15) is 0 Å². The van der Waals surface area contributed by atoms with Crippen LogP contribution in [0.2, 0.25) is 15.1 Å². The van der Waals surface area contributed by atoms with E-state index in [0.29, 0.717) is 28.2 Å². The standard InChI is InChI=1S/C19H23Cl3N2O/c1-24(2)10-4-9-23-12-14-11-15(20)7-8-19(14)25-13-16-17(21)5-3-6-18(16)22/h3,5-8,11,23H,4,9-10,12-13H2,1-2H3. The maximum Gasteiger partial charge on any atom is 0.124 e. The summed E-state index contributed by atoms with van der Waals surface area (Å²) in [6, 6.07) is 11.1. The Morgan fingerprint density at radius 2 is 1.76 bits per heavy atom. The molecule has 0 saturated heterocycles. The van der Waals surface area contributed by atoms with E-state index in [4.69, 9.17) is 39.5 Å². The van der Waals surface area contributed by atoms with Crippen LogP contribution in [0, 0.1) is 0 Å². The van der Waals surface area contributed by atoms with Gasteiger partial charge in [-0.15, -0.1) is 0 Å². The van der Waals surface area contributed by atoms with Gasteiger partial charge in [0.25, 0.3) is 0 Å². The Kier molecular flexibility index (Phi) is 8.34. The molecule has 3 nitrogen and oxygen atoms in total. The summed E-state index contributed by atoms with van der Waals surface area (Å²) in [5, 5.41) is 5.32. The predicted octanol–water partition coefficient (Wildman–Crippen LogP) is 5.27. The van der Waals surface area contributed by atoms with Crippen molar-refractivity contribution < 1.29 is 4.74 Å². The lowest BCUT2D eigenvalue weighted by Gasteiger charge is -2.15. The molecule has 25 heavy (non-hydrogen) atoms. The number of hydrogen-bond donors (Lipinski definition) is 1. The SMILES string of the molecule is CN(C)CCCNCc1cc(Cl)ccc1OCc1c(Cl)cccc1Cl. The lowest BCUT2D eigenvalue weighted by atomic mass is 10.2. The molecule has 0 saturated carbocycles. The fraction of sp³-hybridized carbons (Fsp3) is 0.368. The molecule has 0 fully saturated rings. The number of rotatable bonds is 9. The lowest BCUT2D eigenvalue weighted by Crippen LogP contribution is -2.21. The Balaban J connectivity index is 1.98. The van der Waals surface area contributed by atoms with E-state index in [1.54, 1.807) is 12.1 Å². The fourth-order valence-corrected chi connectivity index (χ4v) is 3.09. The summed E-state index contributed by atoms with van der Waals surface area (Å²) >= 11 is 18.5. The number of nitrogens with one attached hydrogen (secondary N) is 1. The Labute approximate surface area is 164 Å². The van der Waals surface area contributed by atoms with Crippen LogP contribution >= 0.6 is 34.8 Å². The van der Waals surface area contributed by atoms with Crippen LogP contribution in [0.5, 0.6) is 5.75 Å². The number of ether oxygens (including phenoxy) is 1. The topological polar surface area (TPSA) is 24.5 Å². The molecule has 0 aliphatic rings. The van der Waals surface area contributed by atoms with Crippen LogP contribution in [0.1, 0.15) is 17.5 Å². The smallest absolute Gasteiger partial charge is 0.124 e. The Hall–Kier alpha value is -0.970. The van der Waals surface area contributed by atoms with Crippen molar-refractivity contribution in [3.05, 3.63) is 62.6 Å². The van der Waals surface area contributed by atoms with E-state index in [1.165, 1.54) is 0 Å². The number of halogens is 3. The Morgan fingerprint density at radius 1 is 1.04 bits per heavy atom. The largest absolute Gasteiger partial charge is 0.488 e. The van der Waals surface area contributed by atoms with Crippen molar-refractivity contribution in [2.45, 2.75) is 19.6 Å². The predicted molar refractivity (Wildman–Crippen MR) is 107 cm³/mol. The van der Waals surface area contributed by atoms with E-state index in [2.05, 4.69) is 24.3 Å². The van der Waals surface area contributed by atoms with Gasteiger partial charge in [0.2, 0.25) is 0 Å². The molecule has 2 aromatic rings. The minimum absolute atomic E-state index is 0.313. The third-order valence-corrected chi connectivity index (χ3v) is 4.67. The molecule has 0 aromatic heterocycles. The third-order valence-electron chi connectivity index (χ3n) is 3.73. The van der Waals surface area contributed by atoms with Crippen LogP contribution < -0.4 is 10.1 Å². The van der Waals surface area contributed by atoms with Gasteiger partial charge < -0.3 is 15.0 Å². The first kappa shape index (κ1) is 20.3. The van der Waals surface area contributed by atoms with E-state index in [-0.39, 0.29) is 0 Å². The molecule has 1 N–H and O–H groups in total. The zero-order chi connectivity index (χ0) is 18.2. The Morgan fingerprint density at radius 3 is 2.44 bits per heavy atom. The first-order valence-corrected chi connectivity index (χ1v) is 9.30. The minimum atomic E-state index is 0.313. The summed E-state index contributed by atoms with van der Waals surface area (Å²) in [7, 11) is 4.14. The van der Waals surface area contributed by atoms with Crippen molar-refractivity contribution >= 4 is 34.8 Å². The van der Waals surface area contributed by atoms with Gasteiger partial charge in [-0.05, 0) is 63.9 Å². The van der Waals surface area contributed by atoms with E-state index in [0.717, 1.165) is 36.4 Å². The van der Waals surface area contributed by atoms with E-state index < -0.39 is 0 Å². The summed E-state index contributed by atoms with van der Waals surface area (Å²) in [6.07, 6.45) is 1.08. The second kappa shape index (κ2) is 10.2. The van der Waals surface area contributed by atoms with Gasteiger partial charge in [0.15, 0.2) is 0 Å². The molecule has 0 bridgehead atoms.